The summed E-state index contributed by atoms with van der Waals surface area (Å²) in [5.41, 5.74) is 3.03. The van der Waals surface area contributed by atoms with Gasteiger partial charge in [0.2, 0.25) is 0 Å². The molecule has 2 fully saturated rings. The minimum Gasteiger partial charge on any atom is -0.451 e. The average molecular weight is 860 g/mol. The first kappa shape index (κ1) is 47.9. The van der Waals surface area contributed by atoms with E-state index in [0.717, 1.165) is 41.7 Å². The Kier molecular flexibility index (Phi) is 18.0. The number of aryl methyl sites for hydroxylation is 1. The molecule has 0 bridgehead atoms. The lowest BCUT2D eigenvalue weighted by molar-refractivity contribution is -0.319. The van der Waals surface area contributed by atoms with Crippen molar-refractivity contribution in [2.45, 2.75) is 103 Å². The average Bonchev–Trinajstić information content (AvgIpc) is 3.67. The second-order valence-electron chi connectivity index (χ2n) is 15.5. The van der Waals surface area contributed by atoms with Crippen molar-refractivity contribution in [3.8, 4) is 0 Å². The van der Waals surface area contributed by atoms with Crippen LogP contribution in [0.25, 0.3) is 5.57 Å². The number of hydrogen-bond acceptors (Lipinski definition) is 14. The molecule has 5 rings (SSSR count). The minimum absolute atomic E-state index is 0.00112. The molecule has 0 unspecified atom stereocenters. The monoisotopic (exact) mass is 859 g/mol. The summed E-state index contributed by atoms with van der Waals surface area (Å²) in [4.78, 5) is 68.0. The number of ketones is 2. The van der Waals surface area contributed by atoms with Crippen LogP contribution in [0.15, 0.2) is 91.0 Å². The van der Waals surface area contributed by atoms with E-state index in [0.29, 0.717) is 5.56 Å². The lowest BCUT2D eigenvalue weighted by Gasteiger charge is -2.45. The zero-order valence-corrected chi connectivity index (χ0v) is 36.0. The van der Waals surface area contributed by atoms with Gasteiger partial charge in [0.1, 0.15) is 31.0 Å². The molecular formula is C47H57NO14. The third kappa shape index (κ3) is 12.5. The zero-order valence-electron chi connectivity index (χ0n) is 36.0. The molecule has 3 aromatic rings. The molecule has 0 spiro atoms. The van der Waals surface area contributed by atoms with Gasteiger partial charge >= 0.3 is 12.1 Å². The summed E-state index contributed by atoms with van der Waals surface area (Å²) in [7, 11) is 2.61. The van der Waals surface area contributed by atoms with E-state index in [-0.39, 0.29) is 57.4 Å². The van der Waals surface area contributed by atoms with E-state index in [2.05, 4.69) is 0 Å². The molecule has 15 heteroatoms. The maximum Gasteiger partial charge on any atom is 0.417 e. The Morgan fingerprint density at radius 1 is 0.855 bits per heavy atom. The Morgan fingerprint density at radius 2 is 1.50 bits per heavy atom. The number of carbonyl (C=O) groups excluding carboxylic acids is 5. The fourth-order valence-electron chi connectivity index (χ4n) is 7.38. The van der Waals surface area contributed by atoms with Crippen molar-refractivity contribution in [3.63, 3.8) is 0 Å². The van der Waals surface area contributed by atoms with Crippen LogP contribution in [-0.4, -0.2) is 123 Å². The molecular weight excluding hydrogens is 803 g/mol. The molecule has 2 saturated heterocycles. The van der Waals surface area contributed by atoms with Crippen molar-refractivity contribution in [1.29, 1.82) is 0 Å². The molecule has 0 radical (unpaired) electrons. The largest absolute Gasteiger partial charge is 0.451 e. The van der Waals surface area contributed by atoms with E-state index < -0.39 is 78.5 Å². The smallest absolute Gasteiger partial charge is 0.417 e. The molecule has 15 nitrogen and oxygen atoms in total. The van der Waals surface area contributed by atoms with Gasteiger partial charge in [0.15, 0.2) is 30.1 Å². The summed E-state index contributed by atoms with van der Waals surface area (Å²) in [6, 6.07) is 25.4. The summed E-state index contributed by atoms with van der Waals surface area (Å²) >= 11 is 0. The lowest BCUT2D eigenvalue weighted by atomic mass is 9.94. The summed E-state index contributed by atoms with van der Waals surface area (Å²) in [5, 5.41) is 10.4. The number of Topliss-reactive ketones (excluding diaryl/α,β-unsaturated/α-hetero) is 1. The Balaban J connectivity index is 1.36. The lowest BCUT2D eigenvalue weighted by Crippen LogP contribution is -2.61. The van der Waals surface area contributed by atoms with E-state index >= 15 is 0 Å². The number of ether oxygens (including phenoxy) is 8. The first-order chi connectivity index (χ1) is 29.9. The summed E-state index contributed by atoms with van der Waals surface area (Å²) < 4.78 is 47.1. The number of cyclic esters (lactones) is 1. The van der Waals surface area contributed by atoms with Crippen LogP contribution < -0.4 is 0 Å². The molecule has 0 aliphatic carbocycles. The highest BCUT2D eigenvalue weighted by molar-refractivity contribution is 6.25. The standard InChI is InChI=1S/C47H57NO14/c1-29(2)36-28-60-47(54)48(36)45(53)43(55-5)40(61-31(4)50)38(52)24-35(34-20-13-15-30(3)23-34)37(51)21-14-22-57-44-42(59-27-33-18-11-8-12-19-33)41(39(25-49)62-46(44)56-6)58-26-32-16-9-7-10-17-32/h7-13,15-20,23-24,29,36,39-44,46,49H,14,21-22,25-28H2,1-6H3/t36-,39-,40-,41-,42+,43+,44+,46+/m1/s1. The number of rotatable bonds is 22. The van der Waals surface area contributed by atoms with Gasteiger partial charge < -0.3 is 43.0 Å². The molecule has 62 heavy (non-hydrogen) atoms. The van der Waals surface area contributed by atoms with Crippen LogP contribution in [-0.2, 0) is 70.3 Å². The number of imide groups is 1. The Bertz CT molecular complexity index is 1990. The van der Waals surface area contributed by atoms with Gasteiger partial charge in [-0.3, -0.25) is 19.2 Å². The predicted molar refractivity (Wildman–Crippen MR) is 224 cm³/mol. The highest BCUT2D eigenvalue weighted by atomic mass is 16.7. The van der Waals surface area contributed by atoms with Gasteiger partial charge in [-0.25, -0.2) is 9.69 Å². The summed E-state index contributed by atoms with van der Waals surface area (Å²) in [5.74, 6) is -3.35. The molecule has 2 aliphatic heterocycles. The molecule has 2 amide bonds. The molecule has 2 aliphatic rings. The van der Waals surface area contributed by atoms with Gasteiger partial charge in [0, 0.05) is 39.7 Å². The van der Waals surface area contributed by atoms with Crippen LogP contribution in [0.4, 0.5) is 4.79 Å². The van der Waals surface area contributed by atoms with Gasteiger partial charge in [-0.05, 0) is 42.0 Å². The number of methoxy groups -OCH3 is 2. The molecule has 1 N–H and O–H groups in total. The number of hydrogen-bond donors (Lipinski definition) is 1. The van der Waals surface area contributed by atoms with E-state index in [1.54, 1.807) is 32.0 Å². The topological polar surface area (TPSA) is 183 Å². The Morgan fingerprint density at radius 3 is 2.06 bits per heavy atom. The first-order valence-corrected chi connectivity index (χ1v) is 20.6. The maximum atomic E-state index is 14.2. The Labute approximate surface area is 362 Å². The van der Waals surface area contributed by atoms with E-state index in [1.165, 1.54) is 7.11 Å². The number of nitrogens with zero attached hydrogens (tertiary/aromatic N) is 1. The number of benzene rings is 3. The number of aliphatic hydroxyl groups is 1. The maximum absolute atomic E-state index is 14.2. The normalized spacial score (nSPS) is 22.5. The summed E-state index contributed by atoms with van der Waals surface area (Å²) in [6.07, 6.45) is -7.54. The second-order valence-corrected chi connectivity index (χ2v) is 15.5. The van der Waals surface area contributed by atoms with Gasteiger partial charge in [0.25, 0.3) is 5.91 Å². The van der Waals surface area contributed by atoms with Gasteiger partial charge in [-0.1, -0.05) is 104 Å². The van der Waals surface area contributed by atoms with Crippen molar-refractivity contribution in [1.82, 2.24) is 4.90 Å². The van der Waals surface area contributed by atoms with E-state index in [9.17, 15) is 29.1 Å². The number of allylic oxidation sites excluding steroid dienone is 1. The third-order valence-corrected chi connectivity index (χ3v) is 10.6. The minimum atomic E-state index is -1.84. The van der Waals surface area contributed by atoms with E-state index in [1.807, 2.05) is 73.7 Å². The van der Waals surface area contributed by atoms with Crippen molar-refractivity contribution >= 4 is 35.1 Å². The number of esters is 1. The molecule has 2 heterocycles. The SMILES string of the molecule is CO[C@H]1O[C@H](CO)[C@@H](OCc2ccccc2)[C@H](OCc2ccccc2)[C@@H]1OCCCC(=O)C(=CC(=O)[C@@H](OC(C)=O)[C@H](OC)C(=O)N1C(=O)OC[C@@H]1C(C)C)c1cccc(C)c1. The van der Waals surface area contributed by atoms with Gasteiger partial charge in [0.05, 0.1) is 25.9 Å². The number of carbonyl (C=O) groups is 5. The highest BCUT2D eigenvalue weighted by Gasteiger charge is 2.49. The van der Waals surface area contributed by atoms with Crippen LogP contribution in [0.2, 0.25) is 0 Å². The number of aliphatic hydroxyl groups excluding tert-OH is 1. The van der Waals surface area contributed by atoms with Crippen LogP contribution in [0.3, 0.4) is 0 Å². The highest BCUT2D eigenvalue weighted by Crippen LogP contribution is 2.31. The van der Waals surface area contributed by atoms with E-state index in [4.69, 9.17) is 37.9 Å². The van der Waals surface area contributed by atoms with Crippen molar-refractivity contribution in [2.24, 2.45) is 5.92 Å². The van der Waals surface area contributed by atoms with Gasteiger partial charge in [-0.15, -0.1) is 0 Å². The van der Waals surface area contributed by atoms with Crippen LogP contribution in [0, 0.1) is 12.8 Å². The molecule has 8 atom stereocenters. The molecule has 0 saturated carbocycles. The van der Waals surface area contributed by atoms with Crippen molar-refractivity contribution < 1.29 is 67.0 Å². The fourth-order valence-corrected chi connectivity index (χ4v) is 7.38. The fraction of sp³-hybridized carbons (Fsp3) is 0.468. The number of amides is 2. The molecule has 0 aromatic heterocycles. The Hall–Kier alpha value is -5.13. The third-order valence-electron chi connectivity index (χ3n) is 10.6. The van der Waals surface area contributed by atoms with Crippen LogP contribution >= 0.6 is 0 Å². The van der Waals surface area contributed by atoms with Crippen LogP contribution in [0.5, 0.6) is 0 Å². The second kappa shape index (κ2) is 23.4. The van der Waals surface area contributed by atoms with Crippen molar-refractivity contribution in [3.05, 3.63) is 113 Å². The quantitative estimate of drug-likeness (QED) is 0.0794. The van der Waals surface area contributed by atoms with Crippen LogP contribution in [0.1, 0.15) is 55.9 Å². The first-order valence-electron chi connectivity index (χ1n) is 20.6. The van der Waals surface area contributed by atoms with Gasteiger partial charge in [-0.2, -0.15) is 0 Å². The van der Waals surface area contributed by atoms with Crippen molar-refractivity contribution in [2.75, 3.05) is 34.0 Å². The predicted octanol–water partition coefficient (Wildman–Crippen LogP) is 5.17. The zero-order chi connectivity index (χ0) is 44.8. The molecule has 3 aromatic carbocycles. The summed E-state index contributed by atoms with van der Waals surface area (Å²) in [6.45, 7) is 6.52. The molecule has 334 valence electrons.